The number of hydrogen-bond donors (Lipinski definition) is 0. The number of hydrogen-bond acceptors (Lipinski definition) is 5. The Morgan fingerprint density at radius 3 is 1.74 bits per heavy atom. The van der Waals surface area contributed by atoms with Gasteiger partial charge in [-0.05, 0) is 59.7 Å². The summed E-state index contributed by atoms with van der Waals surface area (Å²) in [5, 5.41) is 6.64. The van der Waals surface area contributed by atoms with Gasteiger partial charge in [0.25, 0.3) is 0 Å². The van der Waals surface area contributed by atoms with Crippen LogP contribution < -0.4 is 0 Å². The van der Waals surface area contributed by atoms with E-state index >= 15 is 0 Å². The third-order valence-corrected chi connectivity index (χ3v) is 11.0. The second-order valence-corrected chi connectivity index (χ2v) is 14.4. The number of aromatic nitrogens is 4. The Bertz CT molecular complexity index is 3530. The zero-order chi connectivity index (χ0) is 37.5. The van der Waals surface area contributed by atoms with Crippen LogP contribution in [0.15, 0.2) is 191 Å². The quantitative estimate of drug-likeness (QED) is 0.176. The van der Waals surface area contributed by atoms with Crippen LogP contribution in [0.1, 0.15) is 0 Å². The van der Waals surface area contributed by atoms with Crippen LogP contribution in [0.3, 0.4) is 0 Å². The van der Waals surface area contributed by atoms with Gasteiger partial charge in [-0.2, -0.15) is 0 Å². The van der Waals surface area contributed by atoms with E-state index in [4.69, 9.17) is 23.8 Å². The molecule has 8 aromatic carbocycles. The Kier molecular flexibility index (Phi) is 6.83. The average Bonchev–Trinajstić information content (AvgIpc) is 3.95. The van der Waals surface area contributed by atoms with Crippen LogP contribution in [-0.2, 0) is 0 Å². The van der Waals surface area contributed by atoms with E-state index < -0.39 is 0 Å². The fourth-order valence-corrected chi connectivity index (χ4v) is 8.48. The molecule has 0 radical (unpaired) electrons. The monoisotopic (exact) mass is 730 g/mol. The van der Waals surface area contributed by atoms with Gasteiger partial charge in [-0.15, -0.1) is 0 Å². The molecule has 4 aromatic heterocycles. The summed E-state index contributed by atoms with van der Waals surface area (Å²) in [6.45, 7) is 0. The van der Waals surface area contributed by atoms with Gasteiger partial charge in [-0.1, -0.05) is 127 Å². The molecule has 12 aromatic rings. The first-order valence-corrected chi connectivity index (χ1v) is 19.0. The summed E-state index contributed by atoms with van der Waals surface area (Å²) in [5.74, 6) is 1.71. The minimum Gasteiger partial charge on any atom is -0.456 e. The molecule has 0 N–H and O–H groups in total. The maximum Gasteiger partial charge on any atom is 0.166 e. The second-order valence-electron chi connectivity index (χ2n) is 14.4. The van der Waals surface area contributed by atoms with Crippen LogP contribution in [-0.4, -0.2) is 19.5 Å². The minimum atomic E-state index is 0.555. The maximum absolute atomic E-state index is 6.52. The van der Waals surface area contributed by atoms with Gasteiger partial charge < -0.3 is 13.4 Å². The van der Waals surface area contributed by atoms with E-state index in [0.717, 1.165) is 99.2 Å². The van der Waals surface area contributed by atoms with Gasteiger partial charge in [0.1, 0.15) is 22.3 Å². The van der Waals surface area contributed by atoms with Crippen molar-refractivity contribution in [1.82, 2.24) is 19.5 Å². The van der Waals surface area contributed by atoms with E-state index in [1.807, 2.05) is 66.7 Å². The molecule has 6 heteroatoms. The molecule has 0 saturated carbocycles. The molecule has 0 spiro atoms. The molecule has 0 amide bonds. The SMILES string of the molecule is c1ccc(-c2nc(-c3cc(-c4ccccc4)c4c(c3)oc3ccccc34)nc(-c3ccccc3-n3c4ccccc4c4cc5c(cc43)oc3ccccc35)n2)cc1. The van der Waals surface area contributed by atoms with Gasteiger partial charge in [-0.25, -0.2) is 15.0 Å². The Hall–Kier alpha value is -7.83. The first-order chi connectivity index (χ1) is 28.2. The van der Waals surface area contributed by atoms with Crippen molar-refractivity contribution >= 4 is 65.7 Å². The predicted octanol–water partition coefficient (Wildman–Crippen LogP) is 13.4. The Morgan fingerprint density at radius 2 is 0.930 bits per heavy atom. The highest BCUT2D eigenvalue weighted by molar-refractivity contribution is 6.18. The maximum atomic E-state index is 6.52. The molecule has 57 heavy (non-hydrogen) atoms. The molecule has 6 nitrogen and oxygen atoms in total. The first kappa shape index (κ1) is 31.5. The van der Waals surface area contributed by atoms with E-state index in [2.05, 4.69) is 120 Å². The summed E-state index contributed by atoms with van der Waals surface area (Å²) in [6, 6.07) is 62.6. The smallest absolute Gasteiger partial charge is 0.166 e. The third kappa shape index (κ3) is 4.94. The highest BCUT2D eigenvalue weighted by atomic mass is 16.3. The molecule has 0 atom stereocenters. The lowest BCUT2D eigenvalue weighted by Gasteiger charge is -2.15. The number of fused-ring (bicyclic) bond motifs is 9. The van der Waals surface area contributed by atoms with Crippen LogP contribution in [0.25, 0.3) is 117 Å². The number of nitrogens with zero attached hydrogens (tertiary/aromatic N) is 4. The van der Waals surface area contributed by atoms with E-state index in [1.165, 1.54) is 0 Å². The fraction of sp³-hybridized carbons (Fsp3) is 0. The first-order valence-electron chi connectivity index (χ1n) is 19.0. The summed E-state index contributed by atoms with van der Waals surface area (Å²) in [4.78, 5) is 15.7. The molecule has 0 bridgehead atoms. The average molecular weight is 731 g/mol. The molecular formula is C51H30N4O2. The summed E-state index contributed by atoms with van der Waals surface area (Å²) in [7, 11) is 0. The van der Waals surface area contributed by atoms with Crippen LogP contribution in [0.5, 0.6) is 0 Å². The van der Waals surface area contributed by atoms with Crippen molar-refractivity contribution in [3.63, 3.8) is 0 Å². The second kappa shape index (κ2) is 12.3. The summed E-state index contributed by atoms with van der Waals surface area (Å²) >= 11 is 0. The van der Waals surface area contributed by atoms with Crippen LogP contribution in [0, 0.1) is 0 Å². The Morgan fingerprint density at radius 1 is 0.333 bits per heavy atom. The zero-order valence-electron chi connectivity index (χ0n) is 30.4. The molecular weight excluding hydrogens is 701 g/mol. The molecule has 4 heterocycles. The van der Waals surface area contributed by atoms with Crippen molar-refractivity contribution in [3.05, 3.63) is 182 Å². The van der Waals surface area contributed by atoms with Gasteiger partial charge in [0.05, 0.1) is 16.7 Å². The number of rotatable bonds is 5. The molecule has 0 unspecified atom stereocenters. The fourth-order valence-electron chi connectivity index (χ4n) is 8.48. The molecule has 266 valence electrons. The van der Waals surface area contributed by atoms with Gasteiger partial charge in [0, 0.05) is 55.1 Å². The highest BCUT2D eigenvalue weighted by Gasteiger charge is 2.22. The van der Waals surface area contributed by atoms with E-state index in [0.29, 0.717) is 17.5 Å². The molecule has 0 fully saturated rings. The van der Waals surface area contributed by atoms with Crippen molar-refractivity contribution in [2.45, 2.75) is 0 Å². The summed E-state index contributed by atoms with van der Waals surface area (Å²) in [6.07, 6.45) is 0. The molecule has 0 aliphatic carbocycles. The number of benzene rings is 8. The standard InChI is InChI=1S/C51H30N4O2/c1-3-15-31(16-4-1)38-27-33(28-47-48(38)37-22-10-14-26-45(37)57-47)50-52-49(32-17-5-2-6-18-32)53-51(54-50)36-21-8-12-24-42(36)55-41-23-11-7-19-34(41)39-29-40-35-20-9-13-25-44(35)56-46(40)30-43(39)55/h1-30H. The van der Waals surface area contributed by atoms with E-state index in [1.54, 1.807) is 0 Å². The number of furan rings is 2. The summed E-state index contributed by atoms with van der Waals surface area (Å²) < 4.78 is 15.3. The van der Waals surface area contributed by atoms with Crippen LogP contribution >= 0.6 is 0 Å². The highest BCUT2D eigenvalue weighted by Crippen LogP contribution is 2.42. The lowest BCUT2D eigenvalue weighted by Crippen LogP contribution is -2.03. The minimum absolute atomic E-state index is 0.555. The Labute approximate surface area is 325 Å². The van der Waals surface area contributed by atoms with Crippen molar-refractivity contribution in [1.29, 1.82) is 0 Å². The van der Waals surface area contributed by atoms with Crippen molar-refractivity contribution in [2.24, 2.45) is 0 Å². The zero-order valence-corrected chi connectivity index (χ0v) is 30.4. The van der Waals surface area contributed by atoms with Gasteiger partial charge in [-0.3, -0.25) is 0 Å². The molecule has 0 saturated heterocycles. The van der Waals surface area contributed by atoms with Crippen molar-refractivity contribution < 1.29 is 8.83 Å². The van der Waals surface area contributed by atoms with E-state index in [-0.39, 0.29) is 0 Å². The van der Waals surface area contributed by atoms with Crippen molar-refractivity contribution in [2.75, 3.05) is 0 Å². The number of para-hydroxylation sites is 4. The Balaban J connectivity index is 1.12. The molecule has 0 aliphatic heterocycles. The van der Waals surface area contributed by atoms with Crippen molar-refractivity contribution in [3.8, 4) is 51.0 Å². The molecule has 12 rings (SSSR count). The van der Waals surface area contributed by atoms with Gasteiger partial charge in [0.2, 0.25) is 0 Å². The van der Waals surface area contributed by atoms with Crippen LogP contribution in [0.4, 0.5) is 0 Å². The lowest BCUT2D eigenvalue weighted by molar-refractivity contribution is 0.669. The molecule has 0 aliphatic rings. The lowest BCUT2D eigenvalue weighted by atomic mass is 9.97. The normalized spacial score (nSPS) is 11.9. The largest absolute Gasteiger partial charge is 0.456 e. The predicted molar refractivity (Wildman–Crippen MR) is 230 cm³/mol. The van der Waals surface area contributed by atoms with Gasteiger partial charge in [0.15, 0.2) is 17.5 Å². The third-order valence-electron chi connectivity index (χ3n) is 11.0. The van der Waals surface area contributed by atoms with E-state index in [9.17, 15) is 0 Å². The van der Waals surface area contributed by atoms with Crippen LogP contribution in [0.2, 0.25) is 0 Å². The summed E-state index contributed by atoms with van der Waals surface area (Å²) in [5.41, 5.74) is 11.1. The van der Waals surface area contributed by atoms with Gasteiger partial charge >= 0.3 is 0 Å². The topological polar surface area (TPSA) is 69.9 Å².